The summed E-state index contributed by atoms with van der Waals surface area (Å²) in [6, 6.07) is 7.97. The molecular formula is C34H44N2O6. The van der Waals surface area contributed by atoms with Gasteiger partial charge in [0.15, 0.2) is 11.5 Å². The summed E-state index contributed by atoms with van der Waals surface area (Å²) in [6.07, 6.45) is 12.7. The van der Waals surface area contributed by atoms with Crippen molar-refractivity contribution in [1.82, 2.24) is 10.6 Å². The molecule has 0 bridgehead atoms. The van der Waals surface area contributed by atoms with Gasteiger partial charge in [-0.2, -0.15) is 0 Å². The minimum atomic E-state index is -1.09. The summed E-state index contributed by atoms with van der Waals surface area (Å²) >= 11 is 0. The van der Waals surface area contributed by atoms with Crippen molar-refractivity contribution in [3.63, 3.8) is 0 Å². The Kier molecular flexibility index (Phi) is 10.2. The van der Waals surface area contributed by atoms with E-state index in [4.69, 9.17) is 4.42 Å². The van der Waals surface area contributed by atoms with Crippen molar-refractivity contribution in [3.05, 3.63) is 36.1 Å². The fourth-order valence-electron chi connectivity index (χ4n) is 7.16. The predicted octanol–water partition coefficient (Wildman–Crippen LogP) is 5.85. The maximum atomic E-state index is 13.9. The normalized spacial score (nSPS) is 21.6. The topological polar surface area (TPSA) is 123 Å². The van der Waals surface area contributed by atoms with Gasteiger partial charge in [-0.3, -0.25) is 24.0 Å². The van der Waals surface area contributed by atoms with Crippen molar-refractivity contribution >= 4 is 40.1 Å². The van der Waals surface area contributed by atoms with E-state index in [0.29, 0.717) is 30.8 Å². The number of rotatable bonds is 12. The van der Waals surface area contributed by atoms with E-state index in [0.717, 1.165) is 69.6 Å². The summed E-state index contributed by atoms with van der Waals surface area (Å²) in [5, 5.41) is 6.57. The molecule has 2 aromatic rings. The molecule has 42 heavy (non-hydrogen) atoms. The van der Waals surface area contributed by atoms with Gasteiger partial charge >= 0.3 is 0 Å². The zero-order valence-electron chi connectivity index (χ0n) is 24.5. The zero-order chi connectivity index (χ0) is 29.5. The summed E-state index contributed by atoms with van der Waals surface area (Å²) in [6.45, 7) is 0. The fourth-order valence-corrected chi connectivity index (χ4v) is 7.16. The average Bonchev–Trinajstić information content (AvgIpc) is 3.63. The summed E-state index contributed by atoms with van der Waals surface area (Å²) in [7, 11) is 0. The molecule has 2 N–H and O–H groups in total. The highest BCUT2D eigenvalue weighted by Gasteiger charge is 2.37. The Hall–Kier alpha value is -3.29. The van der Waals surface area contributed by atoms with Crippen molar-refractivity contribution < 1.29 is 28.4 Å². The van der Waals surface area contributed by atoms with Crippen LogP contribution in [-0.2, 0) is 19.2 Å². The second-order valence-corrected chi connectivity index (χ2v) is 12.7. The standard InChI is InChI=1S/C34H44N2O6/c37-28-16-9-13-23(28)19-27(32(39)34(41)35-26-14-5-2-6-15-26)36-33(40)25(18-22-10-3-1-4-11-22)20-29(38)31-21-24-12-7-8-17-30(24)42-31/h7-8,12,17,21-23,25-27H,1-6,9-11,13-16,18-20H2,(H,35,41)(H,36,40)/t23-,25+,27-/m0/s1. The number of ketones is 3. The highest BCUT2D eigenvalue weighted by molar-refractivity contribution is 6.38. The number of hydrogen-bond acceptors (Lipinski definition) is 6. The van der Waals surface area contributed by atoms with E-state index in [9.17, 15) is 24.0 Å². The molecule has 2 amide bonds. The molecule has 1 aromatic carbocycles. The smallest absolute Gasteiger partial charge is 0.289 e. The van der Waals surface area contributed by atoms with E-state index in [1.54, 1.807) is 12.1 Å². The van der Waals surface area contributed by atoms with Crippen molar-refractivity contribution in [2.45, 2.75) is 115 Å². The lowest BCUT2D eigenvalue weighted by molar-refractivity contribution is -0.141. The van der Waals surface area contributed by atoms with Crippen LogP contribution in [0.5, 0.6) is 0 Å². The van der Waals surface area contributed by atoms with Gasteiger partial charge in [0.05, 0.1) is 6.04 Å². The first-order chi connectivity index (χ1) is 20.4. The molecule has 0 saturated heterocycles. The molecule has 1 heterocycles. The fraction of sp³-hybridized carbons (Fsp3) is 0.618. The number of nitrogens with one attached hydrogen (secondary N) is 2. The van der Waals surface area contributed by atoms with Crippen LogP contribution in [0.25, 0.3) is 11.0 Å². The second-order valence-electron chi connectivity index (χ2n) is 12.7. The largest absolute Gasteiger partial charge is 0.453 e. The van der Waals surface area contributed by atoms with Gasteiger partial charge in [-0.25, -0.2) is 0 Å². The van der Waals surface area contributed by atoms with Crippen LogP contribution in [0.1, 0.15) is 113 Å². The van der Waals surface area contributed by atoms with Crippen LogP contribution in [0, 0.1) is 17.8 Å². The lowest BCUT2D eigenvalue weighted by Crippen LogP contribution is -2.52. The lowest BCUT2D eigenvalue weighted by atomic mass is 9.80. The van der Waals surface area contributed by atoms with E-state index in [1.165, 1.54) is 6.42 Å². The molecule has 8 nitrogen and oxygen atoms in total. The lowest BCUT2D eigenvalue weighted by Gasteiger charge is -2.28. The Morgan fingerprint density at radius 2 is 1.57 bits per heavy atom. The number of carbonyl (C=O) groups excluding carboxylic acids is 5. The van der Waals surface area contributed by atoms with Crippen LogP contribution in [0.2, 0.25) is 0 Å². The third-order valence-corrected chi connectivity index (χ3v) is 9.59. The van der Waals surface area contributed by atoms with Crippen molar-refractivity contribution in [2.24, 2.45) is 17.8 Å². The first-order valence-electron chi connectivity index (χ1n) is 16.1. The molecule has 3 aliphatic carbocycles. The number of benzene rings is 1. The van der Waals surface area contributed by atoms with Gasteiger partial charge in [0.2, 0.25) is 11.7 Å². The third kappa shape index (κ3) is 7.75. The van der Waals surface area contributed by atoms with Crippen LogP contribution in [0.3, 0.4) is 0 Å². The van der Waals surface area contributed by atoms with E-state index < -0.39 is 29.6 Å². The predicted molar refractivity (Wildman–Crippen MR) is 159 cm³/mol. The van der Waals surface area contributed by atoms with E-state index in [2.05, 4.69) is 10.6 Å². The Bertz CT molecular complexity index is 1250. The Morgan fingerprint density at radius 1 is 0.857 bits per heavy atom. The van der Waals surface area contributed by atoms with E-state index in [1.807, 2.05) is 18.2 Å². The van der Waals surface area contributed by atoms with E-state index >= 15 is 0 Å². The van der Waals surface area contributed by atoms with Gasteiger partial charge in [0.25, 0.3) is 5.91 Å². The molecule has 3 fully saturated rings. The second kappa shape index (κ2) is 14.3. The summed E-state index contributed by atoms with van der Waals surface area (Å²) in [5.74, 6) is -2.46. The first kappa shape index (κ1) is 30.2. The van der Waals surface area contributed by atoms with Crippen LogP contribution >= 0.6 is 0 Å². The van der Waals surface area contributed by atoms with E-state index in [-0.39, 0.29) is 42.1 Å². The maximum absolute atomic E-state index is 13.9. The SMILES string of the molecule is O=C(NC1CCCCC1)C(=O)[C@H](C[C@@H]1CCCC1=O)NC(=O)[C@@H](CC(=O)c1cc2ccccc2o1)CC1CCCCC1. The van der Waals surface area contributed by atoms with Gasteiger partial charge in [0.1, 0.15) is 11.4 Å². The van der Waals surface area contributed by atoms with Crippen LogP contribution in [-0.4, -0.2) is 41.2 Å². The Morgan fingerprint density at radius 3 is 2.26 bits per heavy atom. The number of furan rings is 1. The highest BCUT2D eigenvalue weighted by atomic mass is 16.3. The molecule has 0 aliphatic heterocycles. The third-order valence-electron chi connectivity index (χ3n) is 9.59. The van der Waals surface area contributed by atoms with Gasteiger partial charge in [-0.05, 0) is 56.6 Å². The van der Waals surface area contributed by atoms with Crippen LogP contribution in [0.15, 0.2) is 34.7 Å². The highest BCUT2D eigenvalue weighted by Crippen LogP contribution is 2.32. The summed E-state index contributed by atoms with van der Waals surface area (Å²) in [5.41, 5.74) is 0.616. The van der Waals surface area contributed by atoms with Gasteiger partial charge in [0, 0.05) is 36.1 Å². The Labute approximate surface area is 247 Å². The zero-order valence-corrected chi connectivity index (χ0v) is 24.5. The quantitative estimate of drug-likeness (QED) is 0.241. The number of fused-ring (bicyclic) bond motifs is 1. The molecule has 8 heteroatoms. The number of Topliss-reactive ketones (excluding diaryl/α,β-unsaturated/α-hetero) is 3. The van der Waals surface area contributed by atoms with Crippen LogP contribution < -0.4 is 10.6 Å². The monoisotopic (exact) mass is 576 g/mol. The van der Waals surface area contributed by atoms with Crippen molar-refractivity contribution in [1.29, 1.82) is 0 Å². The molecule has 0 spiro atoms. The summed E-state index contributed by atoms with van der Waals surface area (Å²) < 4.78 is 5.80. The van der Waals surface area contributed by atoms with Gasteiger partial charge < -0.3 is 15.1 Å². The summed E-state index contributed by atoms with van der Waals surface area (Å²) in [4.78, 5) is 66.3. The molecule has 3 saturated carbocycles. The molecular weight excluding hydrogens is 532 g/mol. The number of carbonyl (C=O) groups is 5. The average molecular weight is 577 g/mol. The molecule has 5 rings (SSSR count). The molecule has 226 valence electrons. The first-order valence-corrected chi connectivity index (χ1v) is 16.1. The van der Waals surface area contributed by atoms with Crippen LogP contribution in [0.4, 0.5) is 0 Å². The molecule has 0 radical (unpaired) electrons. The molecule has 3 aliphatic rings. The minimum Gasteiger partial charge on any atom is -0.453 e. The van der Waals surface area contributed by atoms with Gasteiger partial charge in [-0.15, -0.1) is 0 Å². The molecule has 0 unspecified atom stereocenters. The molecule has 3 atom stereocenters. The van der Waals surface area contributed by atoms with Crippen molar-refractivity contribution in [3.8, 4) is 0 Å². The molecule has 1 aromatic heterocycles. The number of para-hydroxylation sites is 1. The van der Waals surface area contributed by atoms with Gasteiger partial charge in [-0.1, -0.05) is 69.6 Å². The number of hydrogen-bond donors (Lipinski definition) is 2. The maximum Gasteiger partial charge on any atom is 0.289 e. The Balaban J connectivity index is 1.32. The minimum absolute atomic E-state index is 0.0415. The van der Waals surface area contributed by atoms with Crippen molar-refractivity contribution in [2.75, 3.05) is 0 Å². The number of amides is 2.